The number of pyridine rings is 1. The van der Waals surface area contributed by atoms with Gasteiger partial charge in [0.1, 0.15) is 11.5 Å². The van der Waals surface area contributed by atoms with Crippen LogP contribution >= 0.6 is 11.6 Å². The lowest BCUT2D eigenvalue weighted by molar-refractivity contribution is -0.132. The van der Waals surface area contributed by atoms with E-state index in [2.05, 4.69) is 4.98 Å². The van der Waals surface area contributed by atoms with Crippen molar-refractivity contribution in [3.05, 3.63) is 94.3 Å². The molecule has 35 heavy (non-hydrogen) atoms. The van der Waals surface area contributed by atoms with Gasteiger partial charge >= 0.3 is 0 Å². The van der Waals surface area contributed by atoms with E-state index in [1.165, 1.54) is 4.90 Å². The molecule has 7 heteroatoms. The minimum Gasteiger partial charge on any atom is -0.507 e. The maximum Gasteiger partial charge on any atom is 0.300 e. The van der Waals surface area contributed by atoms with Crippen LogP contribution in [0.5, 0.6) is 5.75 Å². The first-order chi connectivity index (χ1) is 16.6. The fraction of sp³-hybridized carbons (Fsp3) is 0.250. The summed E-state index contributed by atoms with van der Waals surface area (Å²) in [5.74, 6) is -1.01. The van der Waals surface area contributed by atoms with Crippen LogP contribution in [-0.2, 0) is 15.0 Å². The number of Topliss-reactive ketones (excluding diaryl/α,β-unsaturated/α-hetero) is 1. The van der Waals surface area contributed by atoms with Crippen molar-refractivity contribution < 1.29 is 19.4 Å². The lowest BCUT2D eigenvalue weighted by atomic mass is 9.84. The van der Waals surface area contributed by atoms with Gasteiger partial charge in [-0.15, -0.1) is 0 Å². The Morgan fingerprint density at radius 3 is 2.31 bits per heavy atom. The average Bonchev–Trinajstić information content (AvgIpc) is 3.10. The van der Waals surface area contributed by atoms with E-state index in [1.807, 2.05) is 33.8 Å². The minimum atomic E-state index is -0.830. The van der Waals surface area contributed by atoms with Crippen molar-refractivity contribution in [3.63, 3.8) is 0 Å². The topological polar surface area (TPSA) is 79.7 Å². The Bertz CT molecular complexity index is 1290. The van der Waals surface area contributed by atoms with E-state index in [-0.39, 0.29) is 16.7 Å². The van der Waals surface area contributed by atoms with Crippen molar-refractivity contribution in [3.8, 4) is 5.75 Å². The number of aliphatic hydroxyl groups excluding tert-OH is 1. The second-order valence-electron chi connectivity index (χ2n) is 9.32. The van der Waals surface area contributed by atoms with E-state index in [1.54, 1.807) is 60.9 Å². The summed E-state index contributed by atoms with van der Waals surface area (Å²) in [5, 5.41) is 12.0. The number of amides is 1. The van der Waals surface area contributed by atoms with E-state index < -0.39 is 17.7 Å². The highest BCUT2D eigenvalue weighted by Crippen LogP contribution is 2.43. The van der Waals surface area contributed by atoms with Crippen LogP contribution in [0.15, 0.2) is 72.6 Å². The smallest absolute Gasteiger partial charge is 0.300 e. The molecule has 1 fully saturated rings. The highest BCUT2D eigenvalue weighted by atomic mass is 35.5. The number of carbonyl (C=O) groups is 2. The number of anilines is 1. The fourth-order valence-electron chi connectivity index (χ4n) is 4.26. The molecule has 1 aliphatic heterocycles. The Hall–Kier alpha value is -3.64. The van der Waals surface area contributed by atoms with Gasteiger partial charge in [-0.05, 0) is 72.5 Å². The van der Waals surface area contributed by atoms with Crippen molar-refractivity contribution >= 4 is 34.7 Å². The zero-order valence-electron chi connectivity index (χ0n) is 20.1. The molecule has 0 saturated carbocycles. The summed E-state index contributed by atoms with van der Waals surface area (Å²) in [6.45, 7) is 8.55. The largest absolute Gasteiger partial charge is 0.507 e. The minimum absolute atomic E-state index is 0.0140. The maximum atomic E-state index is 13.3. The standard InChI is InChI=1S/C28H27ClN2O4/c1-5-35-22-11-6-18(16-21(22)28(2,3)4)25(32)23-24(17-12-14-30-15-13-17)31(27(34)26(23)33)20-9-7-19(29)8-10-20/h6-16,24,32H,5H2,1-4H3/b25-23-. The average molecular weight is 491 g/mol. The highest BCUT2D eigenvalue weighted by Gasteiger charge is 2.47. The van der Waals surface area contributed by atoms with Crippen LogP contribution in [0.4, 0.5) is 5.69 Å². The first kappa shape index (κ1) is 24.5. The van der Waals surface area contributed by atoms with Crippen molar-refractivity contribution in [2.24, 2.45) is 0 Å². The Morgan fingerprint density at radius 1 is 1.06 bits per heavy atom. The molecular weight excluding hydrogens is 464 g/mol. The molecule has 2 heterocycles. The van der Waals surface area contributed by atoms with Gasteiger partial charge in [-0.3, -0.25) is 19.5 Å². The van der Waals surface area contributed by atoms with Gasteiger partial charge < -0.3 is 9.84 Å². The first-order valence-electron chi connectivity index (χ1n) is 11.4. The van der Waals surface area contributed by atoms with Gasteiger partial charge in [-0.1, -0.05) is 32.4 Å². The summed E-state index contributed by atoms with van der Waals surface area (Å²) in [6, 6.07) is 14.6. The van der Waals surface area contributed by atoms with Crippen LogP contribution in [0.25, 0.3) is 5.76 Å². The van der Waals surface area contributed by atoms with E-state index in [9.17, 15) is 14.7 Å². The van der Waals surface area contributed by atoms with E-state index in [0.29, 0.717) is 34.2 Å². The molecule has 1 atom stereocenters. The van der Waals surface area contributed by atoms with E-state index >= 15 is 0 Å². The molecule has 0 spiro atoms. The van der Waals surface area contributed by atoms with Gasteiger partial charge in [-0.2, -0.15) is 0 Å². The van der Waals surface area contributed by atoms with Gasteiger partial charge in [0.15, 0.2) is 0 Å². The zero-order valence-corrected chi connectivity index (χ0v) is 20.8. The molecule has 0 bridgehead atoms. The molecule has 1 aromatic heterocycles. The van der Waals surface area contributed by atoms with Gasteiger partial charge in [-0.25, -0.2) is 0 Å². The molecule has 2 aromatic carbocycles. The van der Waals surface area contributed by atoms with Crippen LogP contribution in [-0.4, -0.2) is 28.4 Å². The normalized spacial score (nSPS) is 17.6. The molecule has 1 amide bonds. The molecule has 6 nitrogen and oxygen atoms in total. The molecule has 1 N–H and O–H groups in total. The number of hydrogen-bond donors (Lipinski definition) is 1. The Balaban J connectivity index is 1.93. The van der Waals surface area contributed by atoms with Crippen LogP contribution < -0.4 is 9.64 Å². The van der Waals surface area contributed by atoms with Gasteiger partial charge in [0.05, 0.1) is 18.2 Å². The van der Waals surface area contributed by atoms with Gasteiger partial charge in [0.25, 0.3) is 11.7 Å². The Kier molecular flexibility index (Phi) is 6.68. The molecule has 0 radical (unpaired) electrons. The summed E-state index contributed by atoms with van der Waals surface area (Å²) in [6.07, 6.45) is 3.18. The first-order valence-corrected chi connectivity index (χ1v) is 11.8. The molecule has 3 aromatic rings. The third kappa shape index (κ3) is 4.66. The predicted octanol–water partition coefficient (Wildman–Crippen LogP) is 6.06. The number of benzene rings is 2. The Labute approximate surface area is 209 Å². The third-order valence-electron chi connectivity index (χ3n) is 5.93. The van der Waals surface area contributed by atoms with Gasteiger partial charge in [0, 0.05) is 34.2 Å². The number of carbonyl (C=O) groups excluding carboxylic acids is 2. The van der Waals surface area contributed by atoms with Crippen LogP contribution in [0.3, 0.4) is 0 Å². The lowest BCUT2D eigenvalue weighted by Gasteiger charge is -2.26. The molecule has 0 aliphatic carbocycles. The number of rotatable bonds is 5. The molecule has 1 saturated heterocycles. The van der Waals surface area contributed by atoms with Gasteiger partial charge in [0.2, 0.25) is 0 Å². The zero-order chi connectivity index (χ0) is 25.3. The molecule has 4 rings (SSSR count). The summed E-state index contributed by atoms with van der Waals surface area (Å²) in [7, 11) is 0. The number of ketones is 1. The van der Waals surface area contributed by atoms with Crippen molar-refractivity contribution in [2.75, 3.05) is 11.5 Å². The molecular formula is C28H27ClN2O4. The fourth-order valence-corrected chi connectivity index (χ4v) is 4.39. The second kappa shape index (κ2) is 9.55. The highest BCUT2D eigenvalue weighted by molar-refractivity contribution is 6.51. The molecule has 180 valence electrons. The monoisotopic (exact) mass is 490 g/mol. The van der Waals surface area contributed by atoms with Crippen molar-refractivity contribution in [1.29, 1.82) is 0 Å². The lowest BCUT2D eigenvalue weighted by Crippen LogP contribution is -2.29. The summed E-state index contributed by atoms with van der Waals surface area (Å²) >= 11 is 6.04. The summed E-state index contributed by atoms with van der Waals surface area (Å²) in [4.78, 5) is 32.0. The van der Waals surface area contributed by atoms with E-state index in [4.69, 9.17) is 16.3 Å². The second-order valence-corrected chi connectivity index (χ2v) is 9.76. The molecule has 1 unspecified atom stereocenters. The van der Waals surface area contributed by atoms with Crippen LogP contribution in [0.1, 0.15) is 50.4 Å². The van der Waals surface area contributed by atoms with Crippen molar-refractivity contribution in [1.82, 2.24) is 4.98 Å². The van der Waals surface area contributed by atoms with Crippen LogP contribution in [0.2, 0.25) is 5.02 Å². The summed E-state index contributed by atoms with van der Waals surface area (Å²) < 4.78 is 5.79. The number of aliphatic hydroxyl groups is 1. The number of ether oxygens (including phenoxy) is 1. The SMILES string of the molecule is CCOc1ccc(/C(O)=C2/C(=O)C(=O)N(c3ccc(Cl)cc3)C2c2ccncc2)cc1C(C)(C)C. The number of nitrogens with zero attached hydrogens (tertiary/aromatic N) is 2. The predicted molar refractivity (Wildman–Crippen MR) is 137 cm³/mol. The third-order valence-corrected chi connectivity index (χ3v) is 6.18. The summed E-state index contributed by atoms with van der Waals surface area (Å²) in [5.41, 5.74) is 2.21. The number of aromatic nitrogens is 1. The Morgan fingerprint density at radius 2 is 1.71 bits per heavy atom. The molecule has 1 aliphatic rings. The van der Waals surface area contributed by atoms with E-state index in [0.717, 1.165) is 5.56 Å². The quantitative estimate of drug-likeness (QED) is 0.267. The number of halogens is 1. The van der Waals surface area contributed by atoms with Crippen LogP contribution in [0, 0.1) is 0 Å². The van der Waals surface area contributed by atoms with Crippen molar-refractivity contribution in [2.45, 2.75) is 39.2 Å². The number of hydrogen-bond acceptors (Lipinski definition) is 5. The maximum absolute atomic E-state index is 13.3.